The van der Waals surface area contributed by atoms with Crippen LogP contribution in [0.25, 0.3) is 0 Å². The van der Waals surface area contributed by atoms with E-state index in [-0.39, 0.29) is 16.7 Å². The zero-order chi connectivity index (χ0) is 10.7. The summed E-state index contributed by atoms with van der Waals surface area (Å²) in [7, 11) is 1.93. The Balaban J connectivity index is 5.03. The Bertz CT molecular complexity index is 185. The van der Waals surface area contributed by atoms with Crippen molar-refractivity contribution in [2.45, 2.75) is 53.0 Å². The van der Waals surface area contributed by atoms with Gasteiger partial charge >= 0.3 is 0 Å². The van der Waals surface area contributed by atoms with Crippen LogP contribution in [0, 0.1) is 5.41 Å². The van der Waals surface area contributed by atoms with E-state index in [0.717, 1.165) is 12.8 Å². The van der Waals surface area contributed by atoms with Crippen molar-refractivity contribution in [2.24, 2.45) is 5.41 Å². The molecule has 0 heterocycles. The summed E-state index contributed by atoms with van der Waals surface area (Å²) in [5.74, 6) is 0.272. The van der Waals surface area contributed by atoms with E-state index in [2.05, 4.69) is 33.0 Å². The number of nitrogens with one attached hydrogen (secondary N) is 1. The summed E-state index contributed by atoms with van der Waals surface area (Å²) in [5.41, 5.74) is -0.343. The third-order valence-electron chi connectivity index (χ3n) is 3.96. The van der Waals surface area contributed by atoms with Crippen molar-refractivity contribution < 1.29 is 4.79 Å². The molecule has 0 aromatic heterocycles. The number of rotatable bonds is 5. The number of hydrogen-bond donors (Lipinski definition) is 1. The molecule has 1 N–H and O–H groups in total. The lowest BCUT2D eigenvalue weighted by atomic mass is 9.66. The zero-order valence-electron chi connectivity index (χ0n) is 9.82. The summed E-state index contributed by atoms with van der Waals surface area (Å²) >= 11 is 0. The standard InChI is InChI=1S/C11H23NO/c1-7-10(4,9(3)13)11(5,8-2)12-6/h12H,7-8H2,1-6H3. The molecular formula is C11H23NO. The molecule has 0 saturated heterocycles. The number of carbonyl (C=O) groups excluding carboxylic acids is 1. The fraction of sp³-hybridized carbons (Fsp3) is 0.909. The molecule has 2 nitrogen and oxygen atoms in total. The summed E-state index contributed by atoms with van der Waals surface area (Å²) < 4.78 is 0. The fourth-order valence-corrected chi connectivity index (χ4v) is 1.87. The first-order chi connectivity index (χ1) is 5.88. The molecule has 2 heteroatoms. The van der Waals surface area contributed by atoms with Crippen molar-refractivity contribution in [3.05, 3.63) is 0 Å². The largest absolute Gasteiger partial charge is 0.314 e. The van der Waals surface area contributed by atoms with Gasteiger partial charge in [0.25, 0.3) is 0 Å². The number of hydrogen-bond acceptors (Lipinski definition) is 2. The van der Waals surface area contributed by atoms with Gasteiger partial charge in [0.15, 0.2) is 0 Å². The lowest BCUT2D eigenvalue weighted by molar-refractivity contribution is -0.130. The summed E-state index contributed by atoms with van der Waals surface area (Å²) in [4.78, 5) is 11.6. The van der Waals surface area contributed by atoms with Crippen molar-refractivity contribution in [3.63, 3.8) is 0 Å². The zero-order valence-corrected chi connectivity index (χ0v) is 9.82. The van der Waals surface area contributed by atoms with E-state index in [1.807, 2.05) is 7.05 Å². The Morgan fingerprint density at radius 2 is 1.69 bits per heavy atom. The third-order valence-corrected chi connectivity index (χ3v) is 3.96. The Hall–Kier alpha value is -0.370. The van der Waals surface area contributed by atoms with Crippen molar-refractivity contribution in [3.8, 4) is 0 Å². The molecule has 0 aromatic carbocycles. The Kier molecular flexibility index (Phi) is 4.11. The third kappa shape index (κ3) is 1.93. The van der Waals surface area contributed by atoms with Crippen LogP contribution in [0.5, 0.6) is 0 Å². The van der Waals surface area contributed by atoms with Crippen LogP contribution >= 0.6 is 0 Å². The Morgan fingerprint density at radius 3 is 1.77 bits per heavy atom. The highest BCUT2D eigenvalue weighted by Gasteiger charge is 2.44. The lowest BCUT2D eigenvalue weighted by Gasteiger charge is -2.44. The van der Waals surface area contributed by atoms with Crippen molar-refractivity contribution in [2.75, 3.05) is 7.05 Å². The van der Waals surface area contributed by atoms with Gasteiger partial charge in [-0.1, -0.05) is 20.8 Å². The molecule has 78 valence electrons. The first kappa shape index (κ1) is 12.6. The van der Waals surface area contributed by atoms with E-state index in [1.165, 1.54) is 0 Å². The summed E-state index contributed by atoms with van der Waals surface area (Å²) in [5, 5.41) is 3.28. The minimum atomic E-state index is -0.253. The quantitative estimate of drug-likeness (QED) is 0.712. The van der Waals surface area contributed by atoms with Crippen LogP contribution in [0.15, 0.2) is 0 Å². The first-order valence-electron chi connectivity index (χ1n) is 5.08. The predicted octanol–water partition coefficient (Wildman–Crippen LogP) is 2.38. The second kappa shape index (κ2) is 4.23. The van der Waals surface area contributed by atoms with Crippen LogP contribution in [-0.2, 0) is 4.79 Å². The molecule has 0 radical (unpaired) electrons. The maximum atomic E-state index is 11.6. The van der Waals surface area contributed by atoms with Crippen LogP contribution in [-0.4, -0.2) is 18.4 Å². The molecule has 0 spiro atoms. The Morgan fingerprint density at radius 1 is 1.23 bits per heavy atom. The van der Waals surface area contributed by atoms with Crippen LogP contribution in [0.4, 0.5) is 0 Å². The average molecular weight is 185 g/mol. The summed E-state index contributed by atoms with van der Waals surface area (Å²) in [6, 6.07) is 0. The van der Waals surface area contributed by atoms with Gasteiger partial charge in [-0.25, -0.2) is 0 Å². The normalized spacial score (nSPS) is 20.5. The van der Waals surface area contributed by atoms with Gasteiger partial charge in [-0.05, 0) is 33.7 Å². The molecule has 13 heavy (non-hydrogen) atoms. The monoisotopic (exact) mass is 185 g/mol. The van der Waals surface area contributed by atoms with E-state index < -0.39 is 0 Å². The highest BCUT2D eigenvalue weighted by atomic mass is 16.1. The molecule has 0 aliphatic heterocycles. The molecule has 0 aliphatic rings. The molecule has 0 fully saturated rings. The maximum Gasteiger partial charge on any atom is 0.137 e. The van der Waals surface area contributed by atoms with E-state index in [1.54, 1.807) is 6.92 Å². The minimum absolute atomic E-state index is 0.0897. The van der Waals surface area contributed by atoms with Gasteiger partial charge in [0, 0.05) is 11.0 Å². The smallest absolute Gasteiger partial charge is 0.137 e. The number of Topliss-reactive ketones (excluding diaryl/α,β-unsaturated/α-hetero) is 1. The topological polar surface area (TPSA) is 29.1 Å². The van der Waals surface area contributed by atoms with Crippen LogP contribution in [0.3, 0.4) is 0 Å². The SMILES string of the molecule is CCC(C)(NC)C(C)(CC)C(C)=O. The average Bonchev–Trinajstić information content (AvgIpc) is 2.14. The van der Waals surface area contributed by atoms with Crippen molar-refractivity contribution >= 4 is 5.78 Å². The van der Waals surface area contributed by atoms with Crippen LogP contribution in [0.2, 0.25) is 0 Å². The van der Waals surface area contributed by atoms with Gasteiger partial charge in [0.1, 0.15) is 5.78 Å². The molecule has 2 atom stereocenters. The molecule has 2 unspecified atom stereocenters. The number of carbonyl (C=O) groups is 1. The van der Waals surface area contributed by atoms with Crippen molar-refractivity contribution in [1.82, 2.24) is 5.32 Å². The maximum absolute atomic E-state index is 11.6. The molecule has 0 saturated carbocycles. The second-order valence-electron chi connectivity index (χ2n) is 4.18. The van der Waals surface area contributed by atoms with E-state index in [4.69, 9.17) is 0 Å². The summed E-state index contributed by atoms with van der Waals surface area (Å²) in [6.07, 6.45) is 1.85. The first-order valence-corrected chi connectivity index (χ1v) is 5.08. The van der Waals surface area contributed by atoms with Gasteiger partial charge < -0.3 is 5.32 Å². The molecular weight excluding hydrogens is 162 g/mol. The van der Waals surface area contributed by atoms with Crippen LogP contribution in [0.1, 0.15) is 47.5 Å². The molecule has 0 bridgehead atoms. The minimum Gasteiger partial charge on any atom is -0.314 e. The van der Waals surface area contributed by atoms with Gasteiger partial charge in [0.2, 0.25) is 0 Å². The molecule has 0 amide bonds. The van der Waals surface area contributed by atoms with Crippen LogP contribution < -0.4 is 5.32 Å². The lowest BCUT2D eigenvalue weighted by Crippen LogP contribution is -2.56. The van der Waals surface area contributed by atoms with Gasteiger partial charge in [-0.2, -0.15) is 0 Å². The van der Waals surface area contributed by atoms with E-state index in [9.17, 15) is 4.79 Å². The molecule has 0 aromatic rings. The van der Waals surface area contributed by atoms with Crippen molar-refractivity contribution in [1.29, 1.82) is 0 Å². The molecule has 0 rings (SSSR count). The predicted molar refractivity (Wildman–Crippen MR) is 56.8 cm³/mol. The van der Waals surface area contributed by atoms with Gasteiger partial charge in [-0.15, -0.1) is 0 Å². The summed E-state index contributed by atoms with van der Waals surface area (Å²) in [6.45, 7) is 10.1. The highest BCUT2D eigenvalue weighted by molar-refractivity contribution is 5.83. The second-order valence-corrected chi connectivity index (χ2v) is 4.18. The van der Waals surface area contributed by atoms with Gasteiger partial charge in [0.05, 0.1) is 0 Å². The Labute approximate surface area is 82.1 Å². The molecule has 0 aliphatic carbocycles. The van der Waals surface area contributed by atoms with Gasteiger partial charge in [-0.3, -0.25) is 4.79 Å². The van der Waals surface area contributed by atoms with E-state index in [0.29, 0.717) is 0 Å². The highest BCUT2D eigenvalue weighted by Crippen LogP contribution is 2.37. The van der Waals surface area contributed by atoms with E-state index >= 15 is 0 Å². The fourth-order valence-electron chi connectivity index (χ4n) is 1.87. The number of ketones is 1.